The predicted octanol–water partition coefficient (Wildman–Crippen LogP) is 0.987. The molecule has 0 atom stereocenters. The summed E-state index contributed by atoms with van der Waals surface area (Å²) in [5.74, 6) is -0.584. The maximum absolute atomic E-state index is 11.9. The summed E-state index contributed by atoms with van der Waals surface area (Å²) in [7, 11) is 0. The second-order valence-corrected chi connectivity index (χ2v) is 4.96. The van der Waals surface area contributed by atoms with Gasteiger partial charge in [0.1, 0.15) is 5.41 Å². The van der Waals surface area contributed by atoms with Crippen molar-refractivity contribution in [1.82, 2.24) is 5.32 Å². The highest BCUT2D eigenvalue weighted by Gasteiger charge is 2.52. The Kier molecular flexibility index (Phi) is 1.96. The van der Waals surface area contributed by atoms with Gasteiger partial charge in [-0.05, 0) is 23.8 Å². The van der Waals surface area contributed by atoms with Crippen molar-refractivity contribution in [1.29, 1.82) is 0 Å². The first-order chi connectivity index (χ1) is 7.63. The highest BCUT2D eigenvalue weighted by molar-refractivity contribution is 9.10. The minimum atomic E-state index is -0.660. The van der Waals surface area contributed by atoms with Crippen LogP contribution >= 0.6 is 15.9 Å². The van der Waals surface area contributed by atoms with Crippen LogP contribution in [0.5, 0.6) is 0 Å². The number of carbonyl (C=O) groups excluding carboxylic acids is 2. The Bertz CT molecular complexity index is 508. The van der Waals surface area contributed by atoms with Crippen LogP contribution in [0.2, 0.25) is 0 Å². The summed E-state index contributed by atoms with van der Waals surface area (Å²) in [5.41, 5.74) is 0.667. The number of imide groups is 1. The average Bonchev–Trinajstić information content (AvgIpc) is 2.14. The summed E-state index contributed by atoms with van der Waals surface area (Å²) < 4.78 is 5.99. The van der Waals surface area contributed by atoms with E-state index in [0.717, 1.165) is 10.0 Å². The molecule has 2 amide bonds. The molecule has 1 fully saturated rings. The van der Waals surface area contributed by atoms with Crippen LogP contribution in [-0.2, 0) is 14.9 Å². The summed E-state index contributed by atoms with van der Waals surface area (Å²) >= 11 is 3.35. The monoisotopic (exact) mass is 281 g/mol. The first-order valence-electron chi connectivity index (χ1n) is 4.87. The van der Waals surface area contributed by atoms with Crippen LogP contribution < -0.4 is 5.32 Å². The quantitative estimate of drug-likeness (QED) is 0.722. The van der Waals surface area contributed by atoms with Gasteiger partial charge in [0.2, 0.25) is 5.91 Å². The molecule has 2 aliphatic heterocycles. The van der Waals surface area contributed by atoms with Crippen LogP contribution in [0.25, 0.3) is 0 Å². The third kappa shape index (κ3) is 1.13. The molecule has 5 heteroatoms. The van der Waals surface area contributed by atoms with E-state index in [9.17, 15) is 9.59 Å². The van der Waals surface area contributed by atoms with Gasteiger partial charge in [0.25, 0.3) is 5.91 Å². The normalized spacial score (nSPS) is 21.3. The zero-order valence-electron chi connectivity index (χ0n) is 8.25. The maximum Gasteiger partial charge on any atom is 0.258 e. The third-order valence-corrected chi connectivity index (χ3v) is 3.59. The summed E-state index contributed by atoms with van der Waals surface area (Å²) in [6.07, 6.45) is 0. The minimum absolute atomic E-state index is 0.255. The van der Waals surface area contributed by atoms with Gasteiger partial charge < -0.3 is 4.74 Å². The van der Waals surface area contributed by atoms with E-state index in [1.54, 1.807) is 12.1 Å². The van der Waals surface area contributed by atoms with Crippen molar-refractivity contribution in [2.45, 2.75) is 5.41 Å². The fourth-order valence-corrected chi connectivity index (χ4v) is 2.48. The Balaban J connectivity index is 2.25. The lowest BCUT2D eigenvalue weighted by atomic mass is 9.73. The van der Waals surface area contributed by atoms with Crippen molar-refractivity contribution in [2.75, 3.05) is 13.2 Å². The second kappa shape index (κ2) is 3.15. The molecule has 0 radical (unpaired) electrons. The zero-order valence-corrected chi connectivity index (χ0v) is 9.83. The van der Waals surface area contributed by atoms with Gasteiger partial charge in [0.05, 0.1) is 13.2 Å². The zero-order chi connectivity index (χ0) is 11.3. The standard InChI is InChI=1S/C11H8BrNO3/c12-6-1-2-7-8(3-6)11(4-16-5-11)10(15)13-9(7)14/h1-3H,4-5H2,(H,13,14,15). The Morgan fingerprint density at radius 1 is 1.31 bits per heavy atom. The summed E-state index contributed by atoms with van der Waals surface area (Å²) in [4.78, 5) is 23.5. The lowest BCUT2D eigenvalue weighted by Crippen LogP contribution is -2.62. The number of amides is 2. The molecule has 1 spiro atoms. The lowest BCUT2D eigenvalue weighted by molar-refractivity contribution is -0.144. The van der Waals surface area contributed by atoms with Gasteiger partial charge in [-0.2, -0.15) is 0 Å². The van der Waals surface area contributed by atoms with E-state index in [0.29, 0.717) is 18.8 Å². The fourth-order valence-electron chi connectivity index (χ4n) is 2.12. The molecule has 0 unspecified atom stereocenters. The van der Waals surface area contributed by atoms with Crippen LogP contribution in [0.15, 0.2) is 22.7 Å². The van der Waals surface area contributed by atoms with E-state index in [1.165, 1.54) is 0 Å². The van der Waals surface area contributed by atoms with E-state index >= 15 is 0 Å². The van der Waals surface area contributed by atoms with Gasteiger partial charge >= 0.3 is 0 Å². The number of hydrogen-bond acceptors (Lipinski definition) is 3. The highest BCUT2D eigenvalue weighted by Crippen LogP contribution is 2.38. The lowest BCUT2D eigenvalue weighted by Gasteiger charge is -2.43. The van der Waals surface area contributed by atoms with Crippen molar-refractivity contribution < 1.29 is 14.3 Å². The molecule has 0 saturated carbocycles. The van der Waals surface area contributed by atoms with Gasteiger partial charge in [0, 0.05) is 10.0 Å². The van der Waals surface area contributed by atoms with Gasteiger partial charge in [-0.25, -0.2) is 0 Å². The Morgan fingerprint density at radius 3 is 2.69 bits per heavy atom. The molecule has 1 N–H and O–H groups in total. The maximum atomic E-state index is 11.9. The van der Waals surface area contributed by atoms with Crippen molar-refractivity contribution in [3.63, 3.8) is 0 Å². The van der Waals surface area contributed by atoms with Crippen LogP contribution in [0.3, 0.4) is 0 Å². The molecule has 82 valence electrons. The molecular formula is C11H8BrNO3. The van der Waals surface area contributed by atoms with Gasteiger partial charge in [-0.1, -0.05) is 15.9 Å². The smallest absolute Gasteiger partial charge is 0.258 e. The van der Waals surface area contributed by atoms with Gasteiger partial charge in [-0.3, -0.25) is 14.9 Å². The van der Waals surface area contributed by atoms with Crippen LogP contribution in [-0.4, -0.2) is 25.0 Å². The Hall–Kier alpha value is -1.20. The van der Waals surface area contributed by atoms with Crippen LogP contribution in [0.4, 0.5) is 0 Å². The number of ether oxygens (including phenoxy) is 1. The fraction of sp³-hybridized carbons (Fsp3) is 0.273. The largest absolute Gasteiger partial charge is 0.378 e. The molecule has 1 saturated heterocycles. The molecule has 2 aliphatic rings. The summed E-state index contributed by atoms with van der Waals surface area (Å²) in [6.45, 7) is 0.686. The van der Waals surface area contributed by atoms with Crippen molar-refractivity contribution in [3.05, 3.63) is 33.8 Å². The number of benzene rings is 1. The van der Waals surface area contributed by atoms with E-state index in [4.69, 9.17) is 4.74 Å². The molecule has 1 aromatic carbocycles. The first kappa shape index (κ1) is 9.99. The van der Waals surface area contributed by atoms with Crippen LogP contribution in [0, 0.1) is 0 Å². The molecule has 4 nitrogen and oxygen atoms in total. The van der Waals surface area contributed by atoms with E-state index in [2.05, 4.69) is 21.2 Å². The topological polar surface area (TPSA) is 55.4 Å². The van der Waals surface area contributed by atoms with Crippen molar-refractivity contribution >= 4 is 27.7 Å². The summed E-state index contributed by atoms with van der Waals surface area (Å²) in [6, 6.07) is 5.34. The molecule has 16 heavy (non-hydrogen) atoms. The number of hydrogen-bond donors (Lipinski definition) is 1. The molecule has 0 aromatic heterocycles. The molecule has 1 aromatic rings. The number of carbonyl (C=O) groups is 2. The second-order valence-electron chi connectivity index (χ2n) is 4.05. The number of halogens is 1. The summed E-state index contributed by atoms with van der Waals surface area (Å²) in [5, 5.41) is 2.37. The Labute approximate surface area is 100 Å². The van der Waals surface area contributed by atoms with Crippen molar-refractivity contribution in [3.8, 4) is 0 Å². The number of nitrogens with one attached hydrogen (secondary N) is 1. The SMILES string of the molecule is O=C1NC(=O)C2(COC2)c2cc(Br)ccc21. The van der Waals surface area contributed by atoms with Crippen molar-refractivity contribution in [2.24, 2.45) is 0 Å². The Morgan fingerprint density at radius 2 is 2.06 bits per heavy atom. The molecule has 0 bridgehead atoms. The number of fused-ring (bicyclic) bond motifs is 2. The minimum Gasteiger partial charge on any atom is -0.378 e. The number of rotatable bonds is 0. The molecule has 0 aliphatic carbocycles. The molecular weight excluding hydrogens is 274 g/mol. The first-order valence-corrected chi connectivity index (χ1v) is 5.66. The molecule has 2 heterocycles. The van der Waals surface area contributed by atoms with E-state index in [-0.39, 0.29) is 11.8 Å². The van der Waals surface area contributed by atoms with Gasteiger partial charge in [0.15, 0.2) is 0 Å². The third-order valence-electron chi connectivity index (χ3n) is 3.10. The highest BCUT2D eigenvalue weighted by atomic mass is 79.9. The van der Waals surface area contributed by atoms with E-state index < -0.39 is 5.41 Å². The van der Waals surface area contributed by atoms with Gasteiger partial charge in [-0.15, -0.1) is 0 Å². The predicted molar refractivity (Wildman–Crippen MR) is 59.1 cm³/mol. The van der Waals surface area contributed by atoms with E-state index in [1.807, 2.05) is 6.07 Å². The average molecular weight is 282 g/mol. The van der Waals surface area contributed by atoms with Crippen LogP contribution in [0.1, 0.15) is 15.9 Å². The molecule has 3 rings (SSSR count).